The van der Waals surface area contributed by atoms with E-state index in [1.165, 1.54) is 12.1 Å². The molecule has 0 spiro atoms. The third-order valence-electron chi connectivity index (χ3n) is 3.55. The highest BCUT2D eigenvalue weighted by Gasteiger charge is 2.41. The molecule has 3 rings (SSSR count). The predicted octanol–water partition coefficient (Wildman–Crippen LogP) is 2.65. The van der Waals surface area contributed by atoms with Gasteiger partial charge in [0.05, 0.1) is 11.3 Å². The van der Waals surface area contributed by atoms with Crippen molar-refractivity contribution in [2.24, 2.45) is 0 Å². The van der Waals surface area contributed by atoms with Crippen LogP contribution < -0.4 is 4.31 Å². The van der Waals surface area contributed by atoms with E-state index in [1.54, 1.807) is 24.3 Å². The van der Waals surface area contributed by atoms with Gasteiger partial charge in [-0.05, 0) is 49.2 Å². The average Bonchev–Trinajstić information content (AvgIpc) is 2.62. The summed E-state index contributed by atoms with van der Waals surface area (Å²) in [7, 11) is -3.79. The van der Waals surface area contributed by atoms with Crippen LogP contribution in [0.25, 0.3) is 0 Å². The van der Waals surface area contributed by atoms with Gasteiger partial charge in [-0.25, -0.2) is 8.42 Å². The molecule has 0 aromatic heterocycles. The number of carbonyl (C=O) groups excluding carboxylic acids is 1. The molecule has 0 saturated heterocycles. The second-order valence-corrected chi connectivity index (χ2v) is 6.59. The molecule has 2 aromatic rings. The highest BCUT2D eigenvalue weighted by Crippen LogP contribution is 2.34. The monoisotopic (exact) mass is 287 g/mol. The van der Waals surface area contributed by atoms with Crippen LogP contribution >= 0.6 is 0 Å². The average molecular weight is 287 g/mol. The maximum absolute atomic E-state index is 12.5. The zero-order valence-corrected chi connectivity index (χ0v) is 11.9. The molecular weight excluding hydrogens is 274 g/mol. The lowest BCUT2D eigenvalue weighted by Gasteiger charge is -2.16. The van der Waals surface area contributed by atoms with Gasteiger partial charge in [0.15, 0.2) is 0 Å². The normalized spacial score (nSPS) is 16.3. The van der Waals surface area contributed by atoms with E-state index >= 15 is 0 Å². The minimum absolute atomic E-state index is 0.0724. The number of hydrogen-bond acceptors (Lipinski definition) is 3. The summed E-state index contributed by atoms with van der Waals surface area (Å²) in [5, 5.41) is 0. The van der Waals surface area contributed by atoms with Gasteiger partial charge in [0.2, 0.25) is 0 Å². The molecule has 1 aliphatic rings. The Morgan fingerprint density at radius 2 is 1.65 bits per heavy atom. The molecule has 1 aliphatic heterocycles. The largest absolute Gasteiger partial charge is 0.273 e. The fourth-order valence-electron chi connectivity index (χ4n) is 2.29. The Kier molecular flexibility index (Phi) is 2.69. The van der Waals surface area contributed by atoms with Gasteiger partial charge in [-0.3, -0.25) is 4.79 Å². The Morgan fingerprint density at radius 3 is 2.30 bits per heavy atom. The smallest absolute Gasteiger partial charge is 0.268 e. The minimum Gasteiger partial charge on any atom is -0.268 e. The fraction of sp³-hybridized carbons (Fsp3) is 0.133. The zero-order valence-electron chi connectivity index (χ0n) is 11.1. The number of sulfonamides is 1. The van der Waals surface area contributed by atoms with E-state index in [-0.39, 0.29) is 10.5 Å². The van der Waals surface area contributed by atoms with Gasteiger partial charge < -0.3 is 0 Å². The van der Waals surface area contributed by atoms with Crippen molar-refractivity contribution in [2.75, 3.05) is 4.31 Å². The van der Waals surface area contributed by atoms with Crippen molar-refractivity contribution in [2.45, 2.75) is 18.7 Å². The fourth-order valence-corrected chi connectivity index (χ4v) is 3.88. The molecular formula is C15H13NO3S. The maximum Gasteiger partial charge on any atom is 0.273 e. The lowest BCUT2D eigenvalue weighted by molar-refractivity contribution is 0.101. The van der Waals surface area contributed by atoms with Crippen LogP contribution in [0.5, 0.6) is 0 Å². The van der Waals surface area contributed by atoms with Crippen LogP contribution in [-0.2, 0) is 10.0 Å². The summed E-state index contributed by atoms with van der Waals surface area (Å²) in [5.41, 5.74) is 2.61. The number of benzene rings is 2. The van der Waals surface area contributed by atoms with E-state index in [0.717, 1.165) is 15.4 Å². The van der Waals surface area contributed by atoms with Crippen molar-refractivity contribution in [3.05, 3.63) is 59.2 Å². The molecule has 0 saturated carbocycles. The van der Waals surface area contributed by atoms with Gasteiger partial charge >= 0.3 is 0 Å². The Hall–Kier alpha value is -2.14. The molecule has 0 aliphatic carbocycles. The molecule has 0 bridgehead atoms. The van der Waals surface area contributed by atoms with Gasteiger partial charge in [-0.1, -0.05) is 18.2 Å². The van der Waals surface area contributed by atoms with E-state index in [2.05, 4.69) is 0 Å². The van der Waals surface area contributed by atoms with Crippen LogP contribution in [0.15, 0.2) is 47.4 Å². The molecule has 0 fully saturated rings. The SMILES string of the molecule is Cc1ccc(N2C(=O)c3ccccc3S2(=O)=O)cc1C. The van der Waals surface area contributed by atoms with Crippen molar-refractivity contribution < 1.29 is 13.2 Å². The van der Waals surface area contributed by atoms with Crippen LogP contribution in [-0.4, -0.2) is 14.3 Å². The van der Waals surface area contributed by atoms with Crippen molar-refractivity contribution in [3.8, 4) is 0 Å². The van der Waals surface area contributed by atoms with Crippen LogP contribution in [0.4, 0.5) is 5.69 Å². The lowest BCUT2D eigenvalue weighted by atomic mass is 10.1. The molecule has 102 valence electrons. The van der Waals surface area contributed by atoms with E-state index in [0.29, 0.717) is 5.69 Å². The van der Waals surface area contributed by atoms with E-state index in [9.17, 15) is 13.2 Å². The quantitative estimate of drug-likeness (QED) is 0.810. The van der Waals surface area contributed by atoms with Gasteiger partial charge in [-0.2, -0.15) is 4.31 Å². The molecule has 20 heavy (non-hydrogen) atoms. The standard InChI is InChI=1S/C15H13NO3S/c1-10-7-8-12(9-11(10)2)16-15(17)13-5-3-4-6-14(13)20(16,18)19/h3-9H,1-2H3. The molecule has 1 heterocycles. The second-order valence-electron chi connectivity index (χ2n) is 4.84. The topological polar surface area (TPSA) is 54.5 Å². The van der Waals surface area contributed by atoms with Crippen LogP contribution in [0.1, 0.15) is 21.5 Å². The minimum atomic E-state index is -3.79. The highest BCUT2D eigenvalue weighted by atomic mass is 32.2. The molecule has 0 radical (unpaired) electrons. The number of aryl methyl sites for hydroxylation is 2. The van der Waals surface area contributed by atoms with Crippen LogP contribution in [0, 0.1) is 13.8 Å². The van der Waals surface area contributed by atoms with Gasteiger partial charge in [0.25, 0.3) is 15.9 Å². The Morgan fingerprint density at radius 1 is 0.950 bits per heavy atom. The number of hydrogen-bond donors (Lipinski definition) is 0. The van der Waals surface area contributed by atoms with Crippen LogP contribution in [0.3, 0.4) is 0 Å². The van der Waals surface area contributed by atoms with Gasteiger partial charge in [0, 0.05) is 0 Å². The first kappa shape index (κ1) is 12.9. The summed E-state index contributed by atoms with van der Waals surface area (Å²) >= 11 is 0. The summed E-state index contributed by atoms with van der Waals surface area (Å²) in [4.78, 5) is 12.4. The highest BCUT2D eigenvalue weighted by molar-refractivity contribution is 7.94. The molecule has 0 atom stereocenters. The summed E-state index contributed by atoms with van der Waals surface area (Å²) in [5.74, 6) is -0.496. The zero-order chi connectivity index (χ0) is 14.5. The molecule has 1 amide bonds. The van der Waals surface area contributed by atoms with Crippen molar-refractivity contribution in [1.29, 1.82) is 0 Å². The molecule has 0 unspecified atom stereocenters. The molecule has 5 heteroatoms. The predicted molar refractivity (Wildman–Crippen MR) is 76.4 cm³/mol. The first-order valence-electron chi connectivity index (χ1n) is 6.19. The Bertz CT molecular complexity index is 825. The number of nitrogens with zero attached hydrogens (tertiary/aromatic N) is 1. The Balaban J connectivity index is 2.22. The second kappa shape index (κ2) is 4.18. The van der Waals surface area contributed by atoms with Gasteiger partial charge in [-0.15, -0.1) is 0 Å². The van der Waals surface area contributed by atoms with Gasteiger partial charge in [0.1, 0.15) is 4.90 Å². The van der Waals surface area contributed by atoms with E-state index < -0.39 is 15.9 Å². The summed E-state index contributed by atoms with van der Waals surface area (Å²) in [6.45, 7) is 3.83. The third-order valence-corrected chi connectivity index (χ3v) is 5.31. The number of amides is 1. The summed E-state index contributed by atoms with van der Waals surface area (Å²) in [6, 6.07) is 11.5. The Labute approximate surface area is 117 Å². The number of rotatable bonds is 1. The first-order chi connectivity index (χ1) is 9.43. The number of fused-ring (bicyclic) bond motifs is 1. The third kappa shape index (κ3) is 1.67. The number of anilines is 1. The van der Waals surface area contributed by atoms with Crippen molar-refractivity contribution in [1.82, 2.24) is 0 Å². The molecule has 0 N–H and O–H groups in total. The first-order valence-corrected chi connectivity index (χ1v) is 7.63. The summed E-state index contributed by atoms with van der Waals surface area (Å²) in [6.07, 6.45) is 0. The lowest BCUT2D eigenvalue weighted by Crippen LogP contribution is -2.29. The van der Waals surface area contributed by atoms with E-state index in [4.69, 9.17) is 0 Å². The number of carbonyl (C=O) groups is 1. The molecule has 2 aromatic carbocycles. The van der Waals surface area contributed by atoms with Crippen molar-refractivity contribution >= 4 is 21.6 Å². The molecule has 4 nitrogen and oxygen atoms in total. The van der Waals surface area contributed by atoms with Crippen LogP contribution in [0.2, 0.25) is 0 Å². The summed E-state index contributed by atoms with van der Waals surface area (Å²) < 4.78 is 25.9. The maximum atomic E-state index is 12.5. The van der Waals surface area contributed by atoms with Crippen molar-refractivity contribution in [3.63, 3.8) is 0 Å². The van der Waals surface area contributed by atoms with E-state index in [1.807, 2.05) is 19.9 Å².